The number of nitriles is 1. The fraction of sp³-hybridized carbons (Fsp3) is 0.562. The molecule has 3 nitrogen and oxygen atoms in total. The highest BCUT2D eigenvalue weighted by atomic mass is 16.5. The lowest BCUT2D eigenvalue weighted by Gasteiger charge is -2.25. The van der Waals surface area contributed by atoms with Gasteiger partial charge in [0, 0.05) is 26.8 Å². The summed E-state index contributed by atoms with van der Waals surface area (Å²) in [6.45, 7) is 6.78. The van der Waals surface area contributed by atoms with Crippen molar-refractivity contribution in [2.24, 2.45) is 5.41 Å². The van der Waals surface area contributed by atoms with Gasteiger partial charge in [0.05, 0.1) is 12.0 Å². The van der Waals surface area contributed by atoms with Crippen LogP contribution in [-0.4, -0.2) is 26.8 Å². The van der Waals surface area contributed by atoms with Crippen LogP contribution in [0.2, 0.25) is 0 Å². The Labute approximate surface area is 116 Å². The second-order valence-corrected chi connectivity index (χ2v) is 5.63. The first kappa shape index (κ1) is 15.7. The molecule has 0 aliphatic heterocycles. The molecule has 0 radical (unpaired) electrons. The number of nitrogens with zero attached hydrogens (tertiary/aromatic N) is 1. The molecular weight excluding hydrogens is 236 g/mol. The SMILES string of the molecule is COCCC(C)(C)CNCC(C#N)c1ccccc1. The highest BCUT2D eigenvalue weighted by molar-refractivity contribution is 5.24. The summed E-state index contributed by atoms with van der Waals surface area (Å²) in [5, 5.41) is 12.6. The van der Waals surface area contributed by atoms with Crippen molar-refractivity contribution in [1.29, 1.82) is 5.26 Å². The number of benzene rings is 1. The molecule has 0 spiro atoms. The van der Waals surface area contributed by atoms with Crippen LogP contribution < -0.4 is 5.32 Å². The fourth-order valence-electron chi connectivity index (χ4n) is 1.95. The van der Waals surface area contributed by atoms with Crippen LogP contribution >= 0.6 is 0 Å². The molecule has 0 bridgehead atoms. The van der Waals surface area contributed by atoms with Crippen LogP contribution in [0.5, 0.6) is 0 Å². The number of nitrogens with one attached hydrogen (secondary N) is 1. The van der Waals surface area contributed by atoms with Crippen LogP contribution in [0.25, 0.3) is 0 Å². The third-order valence-electron chi connectivity index (χ3n) is 3.29. The minimum absolute atomic E-state index is 0.0839. The minimum atomic E-state index is -0.0839. The zero-order valence-electron chi connectivity index (χ0n) is 12.1. The summed E-state index contributed by atoms with van der Waals surface area (Å²) in [6, 6.07) is 12.3. The second-order valence-electron chi connectivity index (χ2n) is 5.63. The van der Waals surface area contributed by atoms with E-state index < -0.39 is 0 Å². The van der Waals surface area contributed by atoms with Crippen molar-refractivity contribution in [3.63, 3.8) is 0 Å². The summed E-state index contributed by atoms with van der Waals surface area (Å²) in [5.74, 6) is -0.0839. The minimum Gasteiger partial charge on any atom is -0.385 e. The van der Waals surface area contributed by atoms with E-state index in [1.54, 1.807) is 7.11 Å². The molecule has 1 aromatic carbocycles. The molecular formula is C16H24N2O. The Morgan fingerprint density at radius 1 is 1.32 bits per heavy atom. The standard InChI is InChI=1S/C16H24N2O/c1-16(2,9-10-19-3)13-18-12-15(11-17)14-7-5-4-6-8-14/h4-8,15,18H,9-10,12-13H2,1-3H3. The Balaban J connectivity index is 2.41. The molecule has 1 aromatic rings. The smallest absolute Gasteiger partial charge is 0.0837 e. The van der Waals surface area contributed by atoms with Crippen LogP contribution in [0, 0.1) is 16.7 Å². The van der Waals surface area contributed by atoms with Crippen molar-refractivity contribution in [3.8, 4) is 6.07 Å². The van der Waals surface area contributed by atoms with E-state index in [2.05, 4.69) is 25.2 Å². The lowest BCUT2D eigenvalue weighted by atomic mass is 9.89. The number of methoxy groups -OCH3 is 1. The van der Waals surface area contributed by atoms with Crippen molar-refractivity contribution in [3.05, 3.63) is 35.9 Å². The van der Waals surface area contributed by atoms with Gasteiger partial charge in [0.15, 0.2) is 0 Å². The van der Waals surface area contributed by atoms with Gasteiger partial charge in [-0.15, -0.1) is 0 Å². The molecule has 1 atom stereocenters. The quantitative estimate of drug-likeness (QED) is 0.781. The predicted molar refractivity (Wildman–Crippen MR) is 77.9 cm³/mol. The van der Waals surface area contributed by atoms with Crippen molar-refractivity contribution in [2.75, 3.05) is 26.8 Å². The maximum atomic E-state index is 9.24. The van der Waals surface area contributed by atoms with Crippen LogP contribution in [0.15, 0.2) is 30.3 Å². The molecule has 0 amide bonds. The van der Waals surface area contributed by atoms with Crippen LogP contribution in [0.3, 0.4) is 0 Å². The van der Waals surface area contributed by atoms with Crippen molar-refractivity contribution in [2.45, 2.75) is 26.2 Å². The van der Waals surface area contributed by atoms with E-state index in [0.29, 0.717) is 6.54 Å². The molecule has 0 fully saturated rings. The molecule has 1 rings (SSSR count). The fourth-order valence-corrected chi connectivity index (χ4v) is 1.95. The summed E-state index contributed by atoms with van der Waals surface area (Å²) in [5.41, 5.74) is 1.26. The van der Waals surface area contributed by atoms with Gasteiger partial charge in [-0.05, 0) is 17.4 Å². The molecule has 0 aliphatic rings. The average molecular weight is 260 g/mol. The number of ether oxygens (including phenoxy) is 1. The van der Waals surface area contributed by atoms with Gasteiger partial charge >= 0.3 is 0 Å². The molecule has 3 heteroatoms. The van der Waals surface area contributed by atoms with Gasteiger partial charge in [0.2, 0.25) is 0 Å². The zero-order chi connectivity index (χ0) is 14.1. The highest BCUT2D eigenvalue weighted by Crippen LogP contribution is 2.19. The number of hydrogen-bond acceptors (Lipinski definition) is 3. The summed E-state index contributed by atoms with van der Waals surface area (Å²) < 4.78 is 5.12. The Bertz CT molecular complexity index is 395. The maximum absolute atomic E-state index is 9.24. The van der Waals surface area contributed by atoms with Gasteiger partial charge in [-0.25, -0.2) is 0 Å². The van der Waals surface area contributed by atoms with Crippen molar-refractivity contribution >= 4 is 0 Å². The third-order valence-corrected chi connectivity index (χ3v) is 3.29. The number of hydrogen-bond donors (Lipinski definition) is 1. The summed E-state index contributed by atoms with van der Waals surface area (Å²) >= 11 is 0. The van der Waals surface area contributed by atoms with E-state index in [0.717, 1.165) is 25.1 Å². The van der Waals surface area contributed by atoms with Crippen molar-refractivity contribution < 1.29 is 4.74 Å². The Hall–Kier alpha value is -1.37. The monoisotopic (exact) mass is 260 g/mol. The van der Waals surface area contributed by atoms with Crippen LogP contribution in [0.1, 0.15) is 31.7 Å². The predicted octanol–water partition coefficient (Wildman–Crippen LogP) is 2.95. The largest absolute Gasteiger partial charge is 0.385 e. The van der Waals surface area contributed by atoms with Gasteiger partial charge in [0.25, 0.3) is 0 Å². The van der Waals surface area contributed by atoms with E-state index in [-0.39, 0.29) is 11.3 Å². The molecule has 0 saturated carbocycles. The van der Waals surface area contributed by atoms with E-state index in [1.165, 1.54) is 0 Å². The van der Waals surface area contributed by atoms with Crippen LogP contribution in [0.4, 0.5) is 0 Å². The Morgan fingerprint density at radius 2 is 2.00 bits per heavy atom. The summed E-state index contributed by atoms with van der Waals surface area (Å²) in [7, 11) is 1.73. The second kappa shape index (κ2) is 7.93. The molecule has 0 aromatic heterocycles. The maximum Gasteiger partial charge on any atom is 0.0837 e. The third kappa shape index (κ3) is 5.87. The van der Waals surface area contributed by atoms with Crippen molar-refractivity contribution in [1.82, 2.24) is 5.32 Å². The van der Waals surface area contributed by atoms with E-state index in [1.807, 2.05) is 30.3 Å². The molecule has 1 N–H and O–H groups in total. The van der Waals surface area contributed by atoms with E-state index in [9.17, 15) is 5.26 Å². The Kier molecular flexibility index (Phi) is 6.55. The van der Waals surface area contributed by atoms with Gasteiger partial charge in [-0.3, -0.25) is 0 Å². The number of rotatable bonds is 8. The molecule has 19 heavy (non-hydrogen) atoms. The van der Waals surface area contributed by atoms with E-state index >= 15 is 0 Å². The summed E-state index contributed by atoms with van der Waals surface area (Å²) in [4.78, 5) is 0. The molecule has 0 saturated heterocycles. The molecule has 104 valence electrons. The highest BCUT2D eigenvalue weighted by Gasteiger charge is 2.18. The lowest BCUT2D eigenvalue weighted by molar-refractivity contribution is 0.151. The normalized spacial score (nSPS) is 12.9. The van der Waals surface area contributed by atoms with Gasteiger partial charge in [-0.1, -0.05) is 44.2 Å². The van der Waals surface area contributed by atoms with Gasteiger partial charge in [-0.2, -0.15) is 5.26 Å². The summed E-state index contributed by atoms with van der Waals surface area (Å²) in [6.07, 6.45) is 1.01. The molecule has 1 unspecified atom stereocenters. The van der Waals surface area contributed by atoms with Gasteiger partial charge in [0.1, 0.15) is 0 Å². The van der Waals surface area contributed by atoms with E-state index in [4.69, 9.17) is 4.74 Å². The molecule has 0 aliphatic carbocycles. The van der Waals surface area contributed by atoms with Gasteiger partial charge < -0.3 is 10.1 Å². The Morgan fingerprint density at radius 3 is 2.58 bits per heavy atom. The first-order valence-electron chi connectivity index (χ1n) is 6.73. The van der Waals surface area contributed by atoms with Crippen LogP contribution in [-0.2, 0) is 4.74 Å². The first-order chi connectivity index (χ1) is 9.09. The topological polar surface area (TPSA) is 45.0 Å². The first-order valence-corrected chi connectivity index (χ1v) is 6.73. The molecule has 0 heterocycles. The average Bonchev–Trinajstić information content (AvgIpc) is 2.42. The lowest BCUT2D eigenvalue weighted by Crippen LogP contribution is -2.32. The zero-order valence-corrected chi connectivity index (χ0v) is 12.1.